The van der Waals surface area contributed by atoms with E-state index in [1.165, 1.54) is 0 Å². The monoisotopic (exact) mass is 326 g/mol. The fourth-order valence-electron chi connectivity index (χ4n) is 3.21. The SMILES string of the molecule is CCCC(C(C)=O)(C(C)=O)C(C(C)=O)(C(C)=O)C(=O)OC(C)=O. The third kappa shape index (κ3) is 3.13. The number of ketones is 4. The summed E-state index contributed by atoms with van der Waals surface area (Å²) in [6.07, 6.45) is 0.0681. The van der Waals surface area contributed by atoms with Crippen LogP contribution in [-0.2, 0) is 33.5 Å². The largest absolute Gasteiger partial charge is 0.392 e. The quantitative estimate of drug-likeness (QED) is 0.486. The van der Waals surface area contributed by atoms with Gasteiger partial charge in [-0.05, 0) is 34.1 Å². The van der Waals surface area contributed by atoms with E-state index in [-0.39, 0.29) is 12.8 Å². The Morgan fingerprint density at radius 3 is 1.35 bits per heavy atom. The van der Waals surface area contributed by atoms with Gasteiger partial charge in [0.15, 0.2) is 11.6 Å². The summed E-state index contributed by atoms with van der Waals surface area (Å²) in [5.41, 5.74) is -4.85. The van der Waals surface area contributed by atoms with E-state index < -0.39 is 45.9 Å². The van der Waals surface area contributed by atoms with E-state index in [0.29, 0.717) is 0 Å². The number of carbonyl (C=O) groups excluding carboxylic acids is 6. The lowest BCUT2D eigenvalue weighted by atomic mass is 9.54. The van der Waals surface area contributed by atoms with Crippen molar-refractivity contribution in [2.75, 3.05) is 0 Å². The highest BCUT2D eigenvalue weighted by Gasteiger charge is 2.68. The third-order valence-corrected chi connectivity index (χ3v) is 4.07. The summed E-state index contributed by atoms with van der Waals surface area (Å²) >= 11 is 0. The van der Waals surface area contributed by atoms with E-state index in [1.807, 2.05) is 0 Å². The van der Waals surface area contributed by atoms with Crippen LogP contribution in [0.1, 0.15) is 54.4 Å². The predicted molar refractivity (Wildman–Crippen MR) is 79.3 cm³/mol. The molecule has 0 amide bonds. The van der Waals surface area contributed by atoms with Gasteiger partial charge in [0.05, 0.1) is 0 Å². The van der Waals surface area contributed by atoms with E-state index in [4.69, 9.17) is 0 Å². The van der Waals surface area contributed by atoms with Crippen LogP contribution >= 0.6 is 0 Å². The third-order valence-electron chi connectivity index (χ3n) is 4.07. The van der Waals surface area contributed by atoms with Crippen molar-refractivity contribution in [3.63, 3.8) is 0 Å². The zero-order valence-electron chi connectivity index (χ0n) is 14.3. The molecular weight excluding hydrogens is 304 g/mol. The topological polar surface area (TPSA) is 112 Å². The summed E-state index contributed by atoms with van der Waals surface area (Å²) in [7, 11) is 0. The number of Topliss-reactive ketones (excluding diaryl/α,β-unsaturated/α-hetero) is 4. The van der Waals surface area contributed by atoms with Crippen LogP contribution in [0, 0.1) is 10.8 Å². The number of carbonyl (C=O) groups is 6. The second kappa shape index (κ2) is 7.39. The Bertz CT molecular complexity index is 543. The van der Waals surface area contributed by atoms with Gasteiger partial charge >= 0.3 is 11.9 Å². The van der Waals surface area contributed by atoms with E-state index in [9.17, 15) is 28.8 Å². The number of hydrogen-bond acceptors (Lipinski definition) is 7. The molecule has 0 saturated carbocycles. The van der Waals surface area contributed by atoms with Gasteiger partial charge in [0.1, 0.15) is 17.0 Å². The zero-order valence-corrected chi connectivity index (χ0v) is 14.3. The maximum atomic E-state index is 12.5. The van der Waals surface area contributed by atoms with Crippen LogP contribution in [0.4, 0.5) is 0 Å². The summed E-state index contributed by atoms with van der Waals surface area (Å²) in [6.45, 7) is 6.50. The van der Waals surface area contributed by atoms with E-state index in [2.05, 4.69) is 4.74 Å². The lowest BCUT2D eigenvalue weighted by molar-refractivity contribution is -0.182. The molecule has 0 saturated heterocycles. The van der Waals surface area contributed by atoms with Gasteiger partial charge < -0.3 is 4.74 Å². The molecule has 0 rings (SSSR count). The predicted octanol–water partition coefficient (Wildman–Crippen LogP) is 1.21. The maximum absolute atomic E-state index is 12.5. The van der Waals surface area contributed by atoms with Crippen LogP contribution in [0.5, 0.6) is 0 Å². The lowest BCUT2D eigenvalue weighted by Gasteiger charge is -2.42. The van der Waals surface area contributed by atoms with Gasteiger partial charge in [0.25, 0.3) is 0 Å². The molecule has 0 aliphatic heterocycles. The number of esters is 2. The first-order valence-corrected chi connectivity index (χ1v) is 7.19. The van der Waals surface area contributed by atoms with E-state index >= 15 is 0 Å². The molecule has 0 bridgehead atoms. The van der Waals surface area contributed by atoms with Crippen molar-refractivity contribution in [3.05, 3.63) is 0 Å². The molecule has 0 aromatic heterocycles. The van der Waals surface area contributed by atoms with Gasteiger partial charge in [0.2, 0.25) is 5.41 Å². The van der Waals surface area contributed by atoms with Crippen LogP contribution in [0.25, 0.3) is 0 Å². The minimum atomic E-state index is -2.66. The summed E-state index contributed by atoms with van der Waals surface area (Å²) < 4.78 is 4.47. The highest BCUT2D eigenvalue weighted by atomic mass is 16.6. The molecule has 0 heterocycles. The number of rotatable bonds is 8. The fraction of sp³-hybridized carbons (Fsp3) is 0.625. The van der Waals surface area contributed by atoms with Gasteiger partial charge in [0, 0.05) is 6.92 Å². The summed E-state index contributed by atoms with van der Waals surface area (Å²) in [5, 5.41) is 0. The molecule has 128 valence electrons. The molecule has 0 N–H and O–H groups in total. The Labute approximate surface area is 134 Å². The van der Waals surface area contributed by atoms with Gasteiger partial charge in [-0.15, -0.1) is 0 Å². The van der Waals surface area contributed by atoms with Crippen molar-refractivity contribution in [2.45, 2.75) is 54.4 Å². The number of hydrogen-bond donors (Lipinski definition) is 0. The highest BCUT2D eigenvalue weighted by Crippen LogP contribution is 2.47. The van der Waals surface area contributed by atoms with Gasteiger partial charge in [-0.25, -0.2) is 4.79 Å². The summed E-state index contributed by atoms with van der Waals surface area (Å²) in [5.74, 6) is -6.12. The van der Waals surface area contributed by atoms with Crippen molar-refractivity contribution in [1.29, 1.82) is 0 Å². The van der Waals surface area contributed by atoms with Gasteiger partial charge in [-0.1, -0.05) is 13.3 Å². The van der Waals surface area contributed by atoms with E-state index in [1.54, 1.807) is 6.92 Å². The molecule has 7 nitrogen and oxygen atoms in total. The molecule has 0 aromatic rings. The Hall–Kier alpha value is -2.18. The minimum absolute atomic E-state index is 0.191. The minimum Gasteiger partial charge on any atom is -0.392 e. The second-order valence-corrected chi connectivity index (χ2v) is 5.51. The molecule has 23 heavy (non-hydrogen) atoms. The standard InChI is InChI=1S/C16H22O7/c1-7-8-15(9(2)17,10(3)18)16(11(4)19,12(5)20)14(22)23-13(6)21/h7-8H2,1-6H3. The van der Waals surface area contributed by atoms with Crippen LogP contribution in [0.15, 0.2) is 0 Å². The molecule has 0 aliphatic rings. The molecular formula is C16H22O7. The van der Waals surface area contributed by atoms with Crippen molar-refractivity contribution in [1.82, 2.24) is 0 Å². The summed E-state index contributed by atoms with van der Waals surface area (Å²) in [6, 6.07) is 0. The maximum Gasteiger partial charge on any atom is 0.336 e. The van der Waals surface area contributed by atoms with Gasteiger partial charge in [-0.3, -0.25) is 24.0 Å². The first-order chi connectivity index (χ1) is 10.4. The van der Waals surface area contributed by atoms with Crippen LogP contribution in [0.3, 0.4) is 0 Å². The van der Waals surface area contributed by atoms with Crippen molar-refractivity contribution < 1.29 is 33.5 Å². The van der Waals surface area contributed by atoms with Crippen molar-refractivity contribution in [2.24, 2.45) is 10.8 Å². The molecule has 0 radical (unpaired) electrons. The van der Waals surface area contributed by atoms with Crippen LogP contribution < -0.4 is 0 Å². The molecule has 0 spiro atoms. The lowest BCUT2D eigenvalue weighted by Crippen LogP contribution is -2.63. The smallest absolute Gasteiger partial charge is 0.336 e. The molecule has 0 atom stereocenters. The van der Waals surface area contributed by atoms with E-state index in [0.717, 1.165) is 34.6 Å². The fourth-order valence-corrected chi connectivity index (χ4v) is 3.21. The zero-order chi connectivity index (χ0) is 18.6. The highest BCUT2D eigenvalue weighted by molar-refractivity contribution is 6.30. The average Bonchev–Trinajstić information content (AvgIpc) is 2.35. The first-order valence-electron chi connectivity index (χ1n) is 7.19. The van der Waals surface area contributed by atoms with Crippen LogP contribution in [-0.4, -0.2) is 35.1 Å². The Balaban J connectivity index is 6.95. The second-order valence-electron chi connectivity index (χ2n) is 5.51. The van der Waals surface area contributed by atoms with Crippen molar-refractivity contribution in [3.8, 4) is 0 Å². The normalized spacial score (nSPS) is 11.6. The molecule has 0 unspecified atom stereocenters. The number of ether oxygens (including phenoxy) is 1. The van der Waals surface area contributed by atoms with Crippen LogP contribution in [0.2, 0.25) is 0 Å². The Morgan fingerprint density at radius 1 is 0.739 bits per heavy atom. The Morgan fingerprint density at radius 2 is 1.13 bits per heavy atom. The average molecular weight is 326 g/mol. The Kier molecular flexibility index (Phi) is 6.69. The van der Waals surface area contributed by atoms with Crippen molar-refractivity contribution >= 4 is 35.1 Å². The molecule has 7 heteroatoms. The molecule has 0 fully saturated rings. The molecule has 0 aliphatic carbocycles. The summed E-state index contributed by atoms with van der Waals surface area (Å²) in [4.78, 5) is 72.9. The first kappa shape index (κ1) is 20.8. The molecule has 0 aromatic carbocycles. The van der Waals surface area contributed by atoms with Gasteiger partial charge in [-0.2, -0.15) is 0 Å².